The lowest BCUT2D eigenvalue weighted by molar-refractivity contribution is -0.122. The summed E-state index contributed by atoms with van der Waals surface area (Å²) in [7, 11) is 0. The number of amides is 1. The fourth-order valence-corrected chi connectivity index (χ4v) is 2.09. The van der Waals surface area contributed by atoms with Gasteiger partial charge in [-0.25, -0.2) is 0 Å². The predicted molar refractivity (Wildman–Crippen MR) is 57.3 cm³/mol. The van der Waals surface area contributed by atoms with Crippen molar-refractivity contribution in [2.45, 2.75) is 25.4 Å². The number of nitrogens with one attached hydrogen (secondary N) is 2. The Bertz CT molecular complexity index is 214. The number of carbonyl (C=O) groups excluding carboxylic acids is 1. The molecule has 2 fully saturated rings. The van der Waals surface area contributed by atoms with Crippen molar-refractivity contribution in [3.05, 3.63) is 0 Å². The van der Waals surface area contributed by atoms with Crippen molar-refractivity contribution >= 4 is 18.3 Å². The van der Waals surface area contributed by atoms with Gasteiger partial charge in [-0.1, -0.05) is 6.92 Å². The average molecular weight is 220 g/mol. The number of hydrogen-bond donors (Lipinski definition) is 3. The second-order valence-electron chi connectivity index (χ2n) is 4.04. The summed E-state index contributed by atoms with van der Waals surface area (Å²) in [6.07, 6.45) is 0.714. The fourth-order valence-electron chi connectivity index (χ4n) is 2.09. The van der Waals surface area contributed by atoms with Crippen molar-refractivity contribution in [2.75, 3.05) is 13.1 Å². The largest absolute Gasteiger partial charge is 0.351 e. The maximum Gasteiger partial charge on any atom is 0.237 e. The van der Waals surface area contributed by atoms with Gasteiger partial charge in [0.05, 0.1) is 6.04 Å². The Morgan fingerprint density at radius 2 is 2.14 bits per heavy atom. The van der Waals surface area contributed by atoms with Gasteiger partial charge in [-0.05, 0) is 18.3 Å². The first-order valence-corrected chi connectivity index (χ1v) is 5.00. The molecule has 3 atom stereocenters. The average Bonchev–Trinajstić information content (AvgIpc) is 2.63. The molecular weight excluding hydrogens is 202 g/mol. The van der Waals surface area contributed by atoms with E-state index in [9.17, 15) is 4.79 Å². The van der Waals surface area contributed by atoms with E-state index < -0.39 is 0 Å². The van der Waals surface area contributed by atoms with Gasteiger partial charge in [-0.15, -0.1) is 12.4 Å². The molecule has 1 amide bonds. The number of carbonyl (C=O) groups is 1. The molecule has 14 heavy (non-hydrogen) atoms. The number of rotatable bonds is 3. The summed E-state index contributed by atoms with van der Waals surface area (Å²) in [4.78, 5) is 11.4. The molecule has 82 valence electrons. The Morgan fingerprint density at radius 1 is 1.57 bits per heavy atom. The van der Waals surface area contributed by atoms with Crippen LogP contribution in [0.5, 0.6) is 0 Å². The lowest BCUT2D eigenvalue weighted by atomic mass is 10.2. The first kappa shape index (κ1) is 11.8. The molecular formula is C9H18ClN3O. The molecule has 1 saturated carbocycles. The lowest BCUT2D eigenvalue weighted by Crippen LogP contribution is -2.43. The summed E-state index contributed by atoms with van der Waals surface area (Å²) in [5.74, 6) is 1.36. The highest BCUT2D eigenvalue weighted by Gasteiger charge is 2.53. The van der Waals surface area contributed by atoms with Gasteiger partial charge in [-0.2, -0.15) is 0 Å². The molecule has 0 aromatic rings. The monoisotopic (exact) mass is 219 g/mol. The summed E-state index contributed by atoms with van der Waals surface area (Å²) in [6.45, 7) is 4.04. The molecule has 4 nitrogen and oxygen atoms in total. The zero-order valence-electron chi connectivity index (χ0n) is 8.32. The fraction of sp³-hybridized carbons (Fsp3) is 0.889. The zero-order chi connectivity index (χ0) is 9.42. The molecule has 1 saturated heterocycles. The first-order chi connectivity index (χ1) is 6.24. The van der Waals surface area contributed by atoms with Crippen LogP contribution in [-0.2, 0) is 4.79 Å². The minimum atomic E-state index is -0.325. The van der Waals surface area contributed by atoms with Crippen LogP contribution in [0.2, 0.25) is 0 Å². The number of fused-ring (bicyclic) bond motifs is 1. The van der Waals surface area contributed by atoms with Crippen LogP contribution in [0.1, 0.15) is 13.3 Å². The Labute approximate surface area is 90.4 Å². The molecule has 5 heteroatoms. The zero-order valence-corrected chi connectivity index (χ0v) is 9.14. The van der Waals surface area contributed by atoms with Gasteiger partial charge in [0.1, 0.15) is 0 Å². The quantitative estimate of drug-likeness (QED) is 0.599. The van der Waals surface area contributed by atoms with Gasteiger partial charge in [-0.3, -0.25) is 4.79 Å². The molecule has 2 unspecified atom stereocenters. The van der Waals surface area contributed by atoms with Crippen molar-refractivity contribution in [1.82, 2.24) is 10.6 Å². The smallest absolute Gasteiger partial charge is 0.237 e. The minimum absolute atomic E-state index is 0. The van der Waals surface area contributed by atoms with E-state index in [0.717, 1.165) is 13.1 Å². The Kier molecular flexibility index (Phi) is 3.75. The van der Waals surface area contributed by atoms with Gasteiger partial charge in [0.2, 0.25) is 5.91 Å². The standard InChI is InChI=1S/C9H17N3O.ClH/c1-2-7(10)9(13)12-8-5-3-11-4-6(5)8;/h5-8,11H,2-4,10H2,1H3,(H,12,13);1H/t5?,6?,7-,8?;/m0./s1. The van der Waals surface area contributed by atoms with E-state index in [-0.39, 0.29) is 24.4 Å². The Morgan fingerprint density at radius 3 is 2.64 bits per heavy atom. The van der Waals surface area contributed by atoms with E-state index in [0.29, 0.717) is 24.3 Å². The molecule has 0 aromatic heterocycles. The van der Waals surface area contributed by atoms with Gasteiger partial charge in [0.25, 0.3) is 0 Å². The van der Waals surface area contributed by atoms with Crippen LogP contribution in [0.4, 0.5) is 0 Å². The third-order valence-electron chi connectivity index (χ3n) is 3.18. The van der Waals surface area contributed by atoms with Gasteiger partial charge >= 0.3 is 0 Å². The van der Waals surface area contributed by atoms with Gasteiger partial charge < -0.3 is 16.4 Å². The van der Waals surface area contributed by atoms with E-state index in [1.54, 1.807) is 0 Å². The highest BCUT2D eigenvalue weighted by molar-refractivity contribution is 5.85. The summed E-state index contributed by atoms with van der Waals surface area (Å²) < 4.78 is 0. The van der Waals surface area contributed by atoms with E-state index in [1.807, 2.05) is 6.92 Å². The summed E-state index contributed by atoms with van der Waals surface area (Å²) in [6, 6.07) is 0.0839. The molecule has 0 bridgehead atoms. The van der Waals surface area contributed by atoms with Crippen LogP contribution in [0, 0.1) is 11.8 Å². The van der Waals surface area contributed by atoms with Gasteiger partial charge in [0.15, 0.2) is 0 Å². The molecule has 0 spiro atoms. The molecule has 1 aliphatic carbocycles. The molecule has 1 heterocycles. The number of hydrogen-bond acceptors (Lipinski definition) is 3. The Balaban J connectivity index is 0.000000980. The van der Waals surface area contributed by atoms with E-state index in [1.165, 1.54) is 0 Å². The molecule has 4 N–H and O–H groups in total. The van der Waals surface area contributed by atoms with Crippen LogP contribution in [0.3, 0.4) is 0 Å². The van der Waals surface area contributed by atoms with Gasteiger partial charge in [0, 0.05) is 19.1 Å². The summed E-state index contributed by atoms with van der Waals surface area (Å²) in [5, 5.41) is 6.29. The summed E-state index contributed by atoms with van der Waals surface area (Å²) in [5.41, 5.74) is 5.62. The first-order valence-electron chi connectivity index (χ1n) is 5.00. The lowest BCUT2D eigenvalue weighted by Gasteiger charge is -2.11. The number of nitrogens with two attached hydrogens (primary N) is 1. The minimum Gasteiger partial charge on any atom is -0.351 e. The van der Waals surface area contributed by atoms with E-state index in [4.69, 9.17) is 5.73 Å². The second kappa shape index (κ2) is 4.47. The molecule has 1 aliphatic heterocycles. The van der Waals surface area contributed by atoms with Crippen molar-refractivity contribution in [3.63, 3.8) is 0 Å². The summed E-state index contributed by atoms with van der Waals surface area (Å²) >= 11 is 0. The van der Waals surface area contributed by atoms with Crippen LogP contribution in [-0.4, -0.2) is 31.1 Å². The van der Waals surface area contributed by atoms with Crippen molar-refractivity contribution in [3.8, 4) is 0 Å². The maximum absolute atomic E-state index is 11.4. The molecule has 2 rings (SSSR count). The third kappa shape index (κ3) is 2.02. The SMILES string of the molecule is CC[C@H](N)C(=O)NC1C2CNCC21.Cl. The van der Waals surface area contributed by atoms with Crippen molar-refractivity contribution < 1.29 is 4.79 Å². The van der Waals surface area contributed by atoms with Crippen molar-refractivity contribution in [1.29, 1.82) is 0 Å². The van der Waals surface area contributed by atoms with Crippen LogP contribution in [0.25, 0.3) is 0 Å². The molecule has 0 radical (unpaired) electrons. The van der Waals surface area contributed by atoms with Crippen molar-refractivity contribution in [2.24, 2.45) is 17.6 Å². The molecule has 0 aromatic carbocycles. The number of halogens is 1. The highest BCUT2D eigenvalue weighted by Crippen LogP contribution is 2.41. The van der Waals surface area contributed by atoms with E-state index >= 15 is 0 Å². The number of piperidine rings is 1. The highest BCUT2D eigenvalue weighted by atomic mass is 35.5. The van der Waals surface area contributed by atoms with Crippen LogP contribution < -0.4 is 16.4 Å². The maximum atomic E-state index is 11.4. The third-order valence-corrected chi connectivity index (χ3v) is 3.18. The van der Waals surface area contributed by atoms with E-state index in [2.05, 4.69) is 10.6 Å². The molecule has 2 aliphatic rings. The van der Waals surface area contributed by atoms with Crippen LogP contribution in [0.15, 0.2) is 0 Å². The Hall–Kier alpha value is -0.320. The topological polar surface area (TPSA) is 67.2 Å². The normalized spacial score (nSPS) is 35.4. The van der Waals surface area contributed by atoms with Crippen LogP contribution >= 0.6 is 12.4 Å². The predicted octanol–water partition coefficient (Wildman–Crippen LogP) is -0.520. The second-order valence-corrected chi connectivity index (χ2v) is 4.04.